The molecule has 0 radical (unpaired) electrons. The Hall–Kier alpha value is -0.620. The number of alkyl halides is 3. The summed E-state index contributed by atoms with van der Waals surface area (Å²) in [5, 5.41) is 0.0325. The topological polar surface area (TPSA) is 0 Å². The maximum atomic E-state index is 13.7. The molecule has 0 saturated carbocycles. The Bertz CT molecular complexity index is 728. The molecule has 2 rings (SSSR count). The number of thiol groups is 1. The molecule has 2 aromatic rings. The number of benzene rings is 2. The summed E-state index contributed by atoms with van der Waals surface area (Å²) < 4.78 is 51.7. The van der Waals surface area contributed by atoms with Gasteiger partial charge in [0, 0.05) is 10.0 Å². The number of hydrogen-bond acceptors (Lipinski definition) is 1. The van der Waals surface area contributed by atoms with Crippen LogP contribution in [-0.4, -0.2) is 6.18 Å². The molecule has 1 atom stereocenters. The van der Waals surface area contributed by atoms with E-state index in [1.165, 1.54) is 30.3 Å². The van der Waals surface area contributed by atoms with Crippen molar-refractivity contribution in [2.75, 3.05) is 0 Å². The predicted molar refractivity (Wildman–Crippen MR) is 92.9 cm³/mol. The first-order valence-corrected chi connectivity index (χ1v) is 8.30. The molecule has 0 bridgehead atoms. The lowest BCUT2D eigenvalue weighted by atomic mass is 9.90. The van der Waals surface area contributed by atoms with E-state index in [1.54, 1.807) is 0 Å². The fourth-order valence-electron chi connectivity index (χ4n) is 2.26. The van der Waals surface area contributed by atoms with E-state index in [2.05, 4.69) is 12.6 Å². The van der Waals surface area contributed by atoms with Gasteiger partial charge in [0.2, 0.25) is 0 Å². The lowest BCUT2D eigenvalue weighted by molar-refractivity contribution is -0.163. The van der Waals surface area contributed by atoms with Crippen LogP contribution in [0.2, 0.25) is 15.1 Å². The highest BCUT2D eigenvalue weighted by molar-refractivity contribution is 7.81. The molecule has 0 fully saturated rings. The van der Waals surface area contributed by atoms with Gasteiger partial charge in [0.25, 0.3) is 0 Å². The van der Waals surface area contributed by atoms with Crippen LogP contribution in [0.25, 0.3) is 0 Å². The normalized spacial score (nSPS) is 14.5. The Kier molecular flexibility index (Phi) is 6.01. The first-order chi connectivity index (χ1) is 11.0. The molecular weight excluding hydrogens is 407 g/mol. The zero-order valence-corrected chi connectivity index (χ0v) is 15.1. The second-order valence-corrected chi connectivity index (χ2v) is 7.31. The lowest BCUT2D eigenvalue weighted by Crippen LogP contribution is -2.37. The summed E-state index contributed by atoms with van der Waals surface area (Å²) in [4.78, 5) is 0. The van der Waals surface area contributed by atoms with Crippen LogP contribution in [0.4, 0.5) is 17.6 Å². The van der Waals surface area contributed by atoms with Crippen molar-refractivity contribution < 1.29 is 17.6 Å². The molecule has 0 nitrogen and oxygen atoms in total. The summed E-state index contributed by atoms with van der Waals surface area (Å²) in [6.07, 6.45) is -5.04. The summed E-state index contributed by atoms with van der Waals surface area (Å²) in [6.45, 7) is 0. The molecule has 0 saturated heterocycles. The van der Waals surface area contributed by atoms with Gasteiger partial charge in [-0.3, -0.25) is 0 Å². The monoisotopic (exact) mass is 416 g/mol. The third-order valence-electron chi connectivity index (χ3n) is 3.57. The van der Waals surface area contributed by atoms with E-state index in [-0.39, 0.29) is 27.1 Å². The largest absolute Gasteiger partial charge is 0.406 e. The Balaban J connectivity index is 2.36. The molecule has 0 spiro atoms. The summed E-state index contributed by atoms with van der Waals surface area (Å²) in [7, 11) is 0. The van der Waals surface area contributed by atoms with Gasteiger partial charge in [-0.2, -0.15) is 25.8 Å². The van der Waals surface area contributed by atoms with Crippen LogP contribution in [0.3, 0.4) is 0 Å². The molecule has 24 heavy (non-hydrogen) atoms. The van der Waals surface area contributed by atoms with Crippen LogP contribution in [0, 0.1) is 5.82 Å². The molecule has 0 amide bonds. The van der Waals surface area contributed by atoms with Crippen LogP contribution in [-0.2, 0) is 11.2 Å². The maximum Gasteiger partial charge on any atom is 0.406 e. The van der Waals surface area contributed by atoms with Crippen molar-refractivity contribution in [3.05, 3.63) is 68.4 Å². The second-order valence-electron chi connectivity index (χ2n) is 5.26. The smallest absolute Gasteiger partial charge is 0.205 e. The van der Waals surface area contributed by atoms with Crippen LogP contribution < -0.4 is 0 Å². The Morgan fingerprint density at radius 3 is 2.00 bits per heavy atom. The van der Waals surface area contributed by atoms with Crippen molar-refractivity contribution >= 4 is 47.4 Å². The molecule has 8 heteroatoms. The van der Waals surface area contributed by atoms with Gasteiger partial charge in [-0.05, 0) is 54.3 Å². The van der Waals surface area contributed by atoms with Gasteiger partial charge in [0.1, 0.15) is 10.6 Å². The van der Waals surface area contributed by atoms with Crippen LogP contribution in [0.15, 0.2) is 36.4 Å². The van der Waals surface area contributed by atoms with Crippen molar-refractivity contribution in [2.24, 2.45) is 0 Å². The van der Waals surface area contributed by atoms with Crippen molar-refractivity contribution in [1.29, 1.82) is 0 Å². The molecule has 0 aliphatic rings. The molecule has 0 aliphatic carbocycles. The number of rotatable bonds is 4. The minimum atomic E-state index is -4.64. The van der Waals surface area contributed by atoms with Gasteiger partial charge >= 0.3 is 6.18 Å². The molecule has 0 N–H and O–H groups in total. The number of aryl methyl sites for hydroxylation is 1. The van der Waals surface area contributed by atoms with Gasteiger partial charge in [-0.25, -0.2) is 4.39 Å². The summed E-state index contributed by atoms with van der Waals surface area (Å²) in [6, 6.07) is 7.51. The van der Waals surface area contributed by atoms with Crippen molar-refractivity contribution in [3.63, 3.8) is 0 Å². The number of halogens is 7. The van der Waals surface area contributed by atoms with Crippen LogP contribution in [0.5, 0.6) is 0 Å². The maximum absolute atomic E-state index is 13.7. The Morgan fingerprint density at radius 2 is 1.50 bits per heavy atom. The van der Waals surface area contributed by atoms with Crippen LogP contribution in [0.1, 0.15) is 17.5 Å². The number of hydrogen-bond donors (Lipinski definition) is 1. The van der Waals surface area contributed by atoms with Crippen molar-refractivity contribution in [3.8, 4) is 0 Å². The standard InChI is InChI=1S/C16H11Cl3F4S/c17-11-6-10(7-12(18)8-11)15(24,16(21,22)23)4-3-9-1-2-14(20)13(19)5-9/h1-2,5-8,24H,3-4H2. The highest BCUT2D eigenvalue weighted by Gasteiger charge is 2.53. The minimum absolute atomic E-state index is 0.00680. The molecule has 0 aromatic heterocycles. The van der Waals surface area contributed by atoms with Gasteiger partial charge in [-0.1, -0.05) is 40.9 Å². The molecule has 130 valence electrons. The van der Waals surface area contributed by atoms with Crippen molar-refractivity contribution in [2.45, 2.75) is 23.8 Å². The fourth-order valence-corrected chi connectivity index (χ4v) is 3.23. The molecule has 0 aliphatic heterocycles. The fraction of sp³-hybridized carbons (Fsp3) is 0.250. The Labute approximate surface area is 157 Å². The van der Waals surface area contributed by atoms with E-state index in [9.17, 15) is 17.6 Å². The third kappa shape index (κ3) is 4.31. The Morgan fingerprint density at radius 1 is 0.917 bits per heavy atom. The average Bonchev–Trinajstić information content (AvgIpc) is 2.46. The molecule has 2 aromatic carbocycles. The zero-order chi connectivity index (χ0) is 18.1. The SMILES string of the molecule is Fc1ccc(CCC(S)(c2cc(Cl)cc(Cl)c2)C(F)(F)F)cc1Cl. The van der Waals surface area contributed by atoms with Crippen molar-refractivity contribution in [1.82, 2.24) is 0 Å². The van der Waals surface area contributed by atoms with Gasteiger partial charge in [0.05, 0.1) is 5.02 Å². The first kappa shape index (κ1) is 19.7. The van der Waals surface area contributed by atoms with E-state index < -0.39 is 23.2 Å². The second kappa shape index (κ2) is 7.32. The summed E-state index contributed by atoms with van der Waals surface area (Å²) >= 11 is 21.2. The van der Waals surface area contributed by atoms with Crippen LogP contribution >= 0.6 is 47.4 Å². The molecule has 0 heterocycles. The highest BCUT2D eigenvalue weighted by atomic mass is 35.5. The lowest BCUT2D eigenvalue weighted by Gasteiger charge is -2.32. The van der Waals surface area contributed by atoms with E-state index in [1.807, 2.05) is 0 Å². The summed E-state index contributed by atoms with van der Waals surface area (Å²) in [5.74, 6) is -0.630. The molecule has 1 unspecified atom stereocenters. The minimum Gasteiger partial charge on any atom is -0.205 e. The zero-order valence-electron chi connectivity index (χ0n) is 12.0. The predicted octanol–water partition coefficient (Wildman–Crippen LogP) is 7.11. The average molecular weight is 418 g/mol. The third-order valence-corrected chi connectivity index (χ3v) is 5.03. The van der Waals surface area contributed by atoms with E-state index in [0.29, 0.717) is 5.56 Å². The van der Waals surface area contributed by atoms with E-state index in [0.717, 1.165) is 6.07 Å². The first-order valence-electron chi connectivity index (χ1n) is 6.72. The molecular formula is C16H11Cl3F4S. The quantitative estimate of drug-likeness (QED) is 0.398. The van der Waals surface area contributed by atoms with Gasteiger partial charge in [0.15, 0.2) is 0 Å². The van der Waals surface area contributed by atoms with Gasteiger partial charge in [-0.15, -0.1) is 0 Å². The van der Waals surface area contributed by atoms with Gasteiger partial charge < -0.3 is 0 Å². The summed E-state index contributed by atoms with van der Waals surface area (Å²) in [5.41, 5.74) is 0.321. The van der Waals surface area contributed by atoms with E-state index in [4.69, 9.17) is 34.8 Å². The van der Waals surface area contributed by atoms with E-state index >= 15 is 0 Å². The highest BCUT2D eigenvalue weighted by Crippen LogP contribution is 2.48.